The topological polar surface area (TPSA) is 111 Å². The lowest BCUT2D eigenvalue weighted by Crippen LogP contribution is -2.42. The number of aromatic amines is 1. The van der Waals surface area contributed by atoms with Crippen LogP contribution < -0.4 is 14.9 Å². The number of hydrogen-bond acceptors (Lipinski definition) is 4. The minimum Gasteiger partial charge on any atom is -0.360 e. The maximum atomic E-state index is 13.0. The molecule has 1 aromatic heterocycles. The molecule has 1 aliphatic heterocycles. The van der Waals surface area contributed by atoms with Crippen LogP contribution in [0.25, 0.3) is 10.9 Å². The molecule has 2 fully saturated rings. The summed E-state index contributed by atoms with van der Waals surface area (Å²) in [7, 11) is -3.28. The maximum absolute atomic E-state index is 13.0. The Labute approximate surface area is 209 Å². The zero-order valence-electron chi connectivity index (χ0n) is 19.1. The highest BCUT2D eigenvalue weighted by molar-refractivity contribution is 7.92. The smallest absolute Gasteiger partial charge is 0.251 e. The molecule has 2 aromatic carbocycles. The molecule has 0 bridgehead atoms. The third-order valence-corrected chi connectivity index (χ3v) is 9.02. The van der Waals surface area contributed by atoms with Crippen LogP contribution in [0.2, 0.25) is 5.02 Å². The highest BCUT2D eigenvalue weighted by Crippen LogP contribution is 2.29. The van der Waals surface area contributed by atoms with Crippen LogP contribution in [-0.4, -0.2) is 43.6 Å². The summed E-state index contributed by atoms with van der Waals surface area (Å²) in [5.74, 6) is -0.565. The second kappa shape index (κ2) is 9.54. The summed E-state index contributed by atoms with van der Waals surface area (Å²) >= 11 is 6.12. The van der Waals surface area contributed by atoms with Gasteiger partial charge in [0.1, 0.15) is 0 Å². The molecule has 0 spiro atoms. The highest BCUT2D eigenvalue weighted by Gasteiger charge is 2.34. The zero-order chi connectivity index (χ0) is 24.6. The molecule has 2 amide bonds. The minimum atomic E-state index is -3.28. The fourth-order valence-corrected chi connectivity index (χ4v) is 6.81. The van der Waals surface area contributed by atoms with E-state index in [2.05, 4.69) is 15.6 Å². The number of carbonyl (C=O) groups excluding carboxylic acids is 2. The molecule has 3 aromatic rings. The number of fused-ring (bicyclic) bond motifs is 1. The number of nitrogens with one attached hydrogen (secondary N) is 3. The Morgan fingerprint density at radius 2 is 1.83 bits per heavy atom. The Morgan fingerprint density at radius 1 is 1.03 bits per heavy atom. The molecule has 8 nitrogen and oxygen atoms in total. The zero-order valence-corrected chi connectivity index (χ0v) is 20.7. The maximum Gasteiger partial charge on any atom is 0.251 e. The number of carbonyl (C=O) groups is 2. The molecule has 2 aliphatic rings. The van der Waals surface area contributed by atoms with Gasteiger partial charge in [0.05, 0.1) is 22.4 Å². The van der Waals surface area contributed by atoms with Crippen LogP contribution in [0.1, 0.15) is 42.5 Å². The number of rotatable bonds is 5. The van der Waals surface area contributed by atoms with Gasteiger partial charge in [-0.1, -0.05) is 24.1 Å². The Morgan fingerprint density at radius 3 is 2.60 bits per heavy atom. The van der Waals surface area contributed by atoms with Crippen molar-refractivity contribution in [1.82, 2.24) is 10.3 Å². The first-order valence-electron chi connectivity index (χ1n) is 11.8. The van der Waals surface area contributed by atoms with Gasteiger partial charge in [0.15, 0.2) is 0 Å². The number of aromatic nitrogens is 1. The Bertz CT molecular complexity index is 1370. The summed E-state index contributed by atoms with van der Waals surface area (Å²) in [5.41, 5.74) is 2.49. The second-order valence-corrected chi connectivity index (χ2v) is 11.6. The normalized spacial score (nSPS) is 21.7. The van der Waals surface area contributed by atoms with Gasteiger partial charge >= 0.3 is 0 Å². The van der Waals surface area contributed by atoms with Gasteiger partial charge in [-0.2, -0.15) is 0 Å². The van der Waals surface area contributed by atoms with Crippen molar-refractivity contribution in [2.24, 2.45) is 5.92 Å². The molecule has 10 heteroatoms. The molecular weight excluding hydrogens is 488 g/mol. The van der Waals surface area contributed by atoms with Crippen molar-refractivity contribution in [3.8, 4) is 0 Å². The molecule has 35 heavy (non-hydrogen) atoms. The van der Waals surface area contributed by atoms with Crippen molar-refractivity contribution >= 4 is 55.7 Å². The number of amides is 2. The first kappa shape index (κ1) is 23.7. The van der Waals surface area contributed by atoms with E-state index in [1.54, 1.807) is 48.7 Å². The highest BCUT2D eigenvalue weighted by atomic mass is 35.5. The van der Waals surface area contributed by atoms with Crippen LogP contribution in [0.5, 0.6) is 0 Å². The largest absolute Gasteiger partial charge is 0.360 e. The van der Waals surface area contributed by atoms with Gasteiger partial charge < -0.3 is 15.6 Å². The number of benzene rings is 2. The SMILES string of the molecule is O=C(N[C@@H]1CCC[C@@H]1C(=O)Nc1ccc(N2CCCCS2(=O)=O)cc1)c1ccc2c(Cl)c[nH]c2c1. The van der Waals surface area contributed by atoms with Crippen LogP contribution >= 0.6 is 11.6 Å². The van der Waals surface area contributed by atoms with Gasteiger partial charge in [-0.15, -0.1) is 0 Å². The lowest BCUT2D eigenvalue weighted by molar-refractivity contribution is -0.120. The van der Waals surface area contributed by atoms with E-state index < -0.39 is 10.0 Å². The first-order chi connectivity index (χ1) is 16.8. The molecule has 2 atom stereocenters. The molecule has 2 heterocycles. The van der Waals surface area contributed by atoms with Gasteiger partial charge in [0.25, 0.3) is 5.91 Å². The van der Waals surface area contributed by atoms with E-state index in [-0.39, 0.29) is 29.5 Å². The summed E-state index contributed by atoms with van der Waals surface area (Å²) in [6.07, 6.45) is 5.46. The van der Waals surface area contributed by atoms with E-state index in [4.69, 9.17) is 11.6 Å². The monoisotopic (exact) mass is 514 g/mol. The fourth-order valence-electron chi connectivity index (χ4n) is 4.96. The first-order valence-corrected chi connectivity index (χ1v) is 13.8. The summed E-state index contributed by atoms with van der Waals surface area (Å²) < 4.78 is 26.1. The van der Waals surface area contributed by atoms with E-state index in [1.807, 2.05) is 0 Å². The summed E-state index contributed by atoms with van der Waals surface area (Å²) in [6.45, 7) is 0.474. The molecule has 0 radical (unpaired) electrons. The summed E-state index contributed by atoms with van der Waals surface area (Å²) in [5, 5.41) is 7.41. The second-order valence-electron chi connectivity index (χ2n) is 9.15. The van der Waals surface area contributed by atoms with Gasteiger partial charge in [-0.25, -0.2) is 8.42 Å². The van der Waals surface area contributed by atoms with E-state index in [9.17, 15) is 18.0 Å². The van der Waals surface area contributed by atoms with Crippen molar-refractivity contribution in [1.29, 1.82) is 0 Å². The molecule has 1 saturated heterocycles. The van der Waals surface area contributed by atoms with E-state index in [0.29, 0.717) is 41.3 Å². The van der Waals surface area contributed by atoms with Crippen LogP contribution in [0, 0.1) is 5.92 Å². The van der Waals surface area contributed by atoms with Gasteiger partial charge in [-0.3, -0.25) is 13.9 Å². The van der Waals surface area contributed by atoms with Gasteiger partial charge in [-0.05, 0) is 62.1 Å². The van der Waals surface area contributed by atoms with E-state index >= 15 is 0 Å². The Balaban J connectivity index is 1.23. The Kier molecular flexibility index (Phi) is 6.46. The third kappa shape index (κ3) is 4.88. The summed E-state index contributed by atoms with van der Waals surface area (Å²) in [4.78, 5) is 28.9. The van der Waals surface area contributed by atoms with E-state index in [0.717, 1.165) is 30.2 Å². The quantitative estimate of drug-likeness (QED) is 0.471. The van der Waals surface area contributed by atoms with Crippen LogP contribution in [0.4, 0.5) is 11.4 Å². The van der Waals surface area contributed by atoms with Crippen LogP contribution in [0.3, 0.4) is 0 Å². The van der Waals surface area contributed by atoms with E-state index in [1.165, 1.54) is 4.31 Å². The van der Waals surface area contributed by atoms with Crippen LogP contribution in [-0.2, 0) is 14.8 Å². The number of anilines is 2. The predicted octanol–water partition coefficient (Wildman–Crippen LogP) is 4.29. The average molecular weight is 515 g/mol. The molecule has 184 valence electrons. The average Bonchev–Trinajstić information content (AvgIpc) is 3.46. The molecule has 3 N–H and O–H groups in total. The van der Waals surface area contributed by atoms with Crippen LogP contribution in [0.15, 0.2) is 48.7 Å². The van der Waals surface area contributed by atoms with Crippen molar-refractivity contribution in [3.63, 3.8) is 0 Å². The Hall–Kier alpha value is -3.04. The lowest BCUT2D eigenvalue weighted by atomic mass is 10.0. The fraction of sp³-hybridized carbons (Fsp3) is 0.360. The van der Waals surface area contributed by atoms with Crippen molar-refractivity contribution in [3.05, 3.63) is 59.2 Å². The molecule has 1 saturated carbocycles. The van der Waals surface area contributed by atoms with Crippen molar-refractivity contribution in [2.45, 2.75) is 38.1 Å². The summed E-state index contributed by atoms with van der Waals surface area (Å²) in [6, 6.07) is 11.9. The van der Waals surface area contributed by atoms with Gasteiger partial charge in [0, 0.05) is 40.9 Å². The molecule has 0 unspecified atom stereocenters. The third-order valence-electron chi connectivity index (χ3n) is 6.83. The standard InChI is InChI=1S/C25H27ClN4O4S/c26-21-15-27-23-14-16(6-11-19(21)23)24(31)29-22-5-3-4-20(22)25(32)28-17-7-9-18(10-8-17)30-12-1-2-13-35(30,33)34/h6-11,14-15,20,22,27H,1-5,12-13H2,(H,28,32)(H,29,31)/t20-,22+/m0/s1. The number of halogens is 1. The number of H-pyrrole nitrogens is 1. The molecule has 5 rings (SSSR count). The van der Waals surface area contributed by atoms with Gasteiger partial charge in [0.2, 0.25) is 15.9 Å². The van der Waals surface area contributed by atoms with Crippen molar-refractivity contribution in [2.75, 3.05) is 21.9 Å². The van der Waals surface area contributed by atoms with Crippen molar-refractivity contribution < 1.29 is 18.0 Å². The predicted molar refractivity (Wildman–Crippen MR) is 137 cm³/mol. The minimum absolute atomic E-state index is 0.155. The molecule has 1 aliphatic carbocycles. The number of sulfonamides is 1. The number of nitrogens with zero attached hydrogens (tertiary/aromatic N) is 1. The number of hydrogen-bond donors (Lipinski definition) is 3. The molecular formula is C25H27ClN4O4S. The lowest BCUT2D eigenvalue weighted by Gasteiger charge is -2.28.